The monoisotopic (exact) mass is 223 g/mol. The van der Waals surface area contributed by atoms with Gasteiger partial charge in [-0.2, -0.15) is 0 Å². The predicted molar refractivity (Wildman–Crippen MR) is 67.0 cm³/mol. The lowest BCUT2D eigenvalue weighted by molar-refractivity contribution is 0.215. The first-order chi connectivity index (χ1) is 7.36. The fourth-order valence-corrected chi connectivity index (χ4v) is 1.99. The molecular weight excluding hydrogens is 202 g/mol. The minimum absolute atomic E-state index is 0.209. The van der Waals surface area contributed by atoms with Crippen LogP contribution in [0.15, 0.2) is 29.0 Å². The summed E-state index contributed by atoms with van der Waals surface area (Å²) in [6.07, 6.45) is 0.824. The molecule has 4 nitrogen and oxygen atoms in total. The van der Waals surface area contributed by atoms with E-state index in [1.165, 1.54) is 0 Å². The van der Waals surface area contributed by atoms with Crippen LogP contribution in [0.4, 0.5) is 0 Å². The number of nitrogens with two attached hydrogens (primary N) is 1. The van der Waals surface area contributed by atoms with Gasteiger partial charge in [0.2, 0.25) is 0 Å². The van der Waals surface area contributed by atoms with Crippen LogP contribution < -0.4 is 5.73 Å². The summed E-state index contributed by atoms with van der Waals surface area (Å²) in [5, 5.41) is 9.81. The summed E-state index contributed by atoms with van der Waals surface area (Å²) in [6.45, 7) is 12.3. The highest BCUT2D eigenvalue weighted by Gasteiger charge is 2.27. The lowest BCUT2D eigenvalue weighted by atomic mass is 10.0. The van der Waals surface area contributed by atoms with E-state index in [9.17, 15) is 5.11 Å². The summed E-state index contributed by atoms with van der Waals surface area (Å²) in [5.41, 5.74) is 7.05. The summed E-state index contributed by atoms with van der Waals surface area (Å²) in [7, 11) is 0. The molecule has 0 aromatic heterocycles. The van der Waals surface area contributed by atoms with Gasteiger partial charge in [0.25, 0.3) is 0 Å². The second-order valence-electron chi connectivity index (χ2n) is 4.59. The Morgan fingerprint density at radius 3 is 2.31 bits per heavy atom. The van der Waals surface area contributed by atoms with Crippen LogP contribution in [0.25, 0.3) is 0 Å². The van der Waals surface area contributed by atoms with Crippen molar-refractivity contribution in [3.05, 3.63) is 24.0 Å². The van der Waals surface area contributed by atoms with Crippen molar-refractivity contribution < 1.29 is 5.11 Å². The van der Waals surface area contributed by atoms with Crippen LogP contribution in [-0.4, -0.2) is 34.0 Å². The average molecular weight is 223 g/mol. The molecule has 0 saturated carbocycles. The highest BCUT2D eigenvalue weighted by atomic mass is 16.3. The zero-order valence-electron chi connectivity index (χ0n) is 10.4. The SMILES string of the molecule is C=C1C(N(C(C)C)C(C)C)=CN=C(N)C1O. The van der Waals surface area contributed by atoms with Gasteiger partial charge >= 0.3 is 0 Å². The smallest absolute Gasteiger partial charge is 0.137 e. The van der Waals surface area contributed by atoms with Crippen LogP contribution in [0.2, 0.25) is 0 Å². The van der Waals surface area contributed by atoms with Crippen molar-refractivity contribution in [2.24, 2.45) is 10.7 Å². The number of aliphatic hydroxyl groups is 1. The van der Waals surface area contributed by atoms with E-state index >= 15 is 0 Å². The molecule has 1 unspecified atom stereocenters. The largest absolute Gasteiger partial charge is 0.385 e. The number of nitrogens with zero attached hydrogens (tertiary/aromatic N) is 2. The molecule has 1 atom stereocenters. The molecule has 0 bridgehead atoms. The Morgan fingerprint density at radius 1 is 1.38 bits per heavy atom. The van der Waals surface area contributed by atoms with Crippen LogP contribution in [0.3, 0.4) is 0 Å². The van der Waals surface area contributed by atoms with E-state index in [-0.39, 0.29) is 5.84 Å². The Hall–Kier alpha value is -1.29. The van der Waals surface area contributed by atoms with Crippen LogP contribution in [0.5, 0.6) is 0 Å². The fraction of sp³-hybridized carbons (Fsp3) is 0.583. The summed E-state index contributed by atoms with van der Waals surface area (Å²) >= 11 is 0. The molecule has 0 spiro atoms. The van der Waals surface area contributed by atoms with E-state index < -0.39 is 6.10 Å². The van der Waals surface area contributed by atoms with Crippen molar-refractivity contribution in [1.29, 1.82) is 0 Å². The highest BCUT2D eigenvalue weighted by Crippen LogP contribution is 2.25. The third-order valence-corrected chi connectivity index (χ3v) is 2.67. The van der Waals surface area contributed by atoms with E-state index in [4.69, 9.17) is 5.73 Å². The van der Waals surface area contributed by atoms with Gasteiger partial charge in [-0.3, -0.25) is 0 Å². The van der Waals surface area contributed by atoms with Gasteiger partial charge in [-0.25, -0.2) is 4.99 Å². The molecule has 0 saturated heterocycles. The molecular formula is C12H21N3O. The first-order valence-electron chi connectivity index (χ1n) is 5.55. The van der Waals surface area contributed by atoms with Crippen molar-refractivity contribution in [3.8, 4) is 0 Å². The Labute approximate surface area is 97.2 Å². The molecule has 0 fully saturated rings. The number of aliphatic hydroxyl groups excluding tert-OH is 1. The van der Waals surface area contributed by atoms with Crippen molar-refractivity contribution in [2.45, 2.75) is 45.9 Å². The van der Waals surface area contributed by atoms with Gasteiger partial charge in [-0.05, 0) is 27.7 Å². The summed E-state index contributed by atoms with van der Waals surface area (Å²) < 4.78 is 0. The molecule has 0 amide bonds. The molecule has 0 aromatic rings. The third kappa shape index (κ3) is 2.27. The summed E-state index contributed by atoms with van der Waals surface area (Å²) in [5.74, 6) is 0.209. The van der Waals surface area contributed by atoms with Crippen LogP contribution in [0, 0.1) is 0 Å². The number of hydrogen-bond acceptors (Lipinski definition) is 4. The zero-order valence-corrected chi connectivity index (χ0v) is 10.4. The standard InChI is InChI=1S/C12H21N3O/c1-7(2)15(8(3)4)10-6-14-12(13)11(16)9(10)5/h6-8,11,16H,5H2,1-4H3,(H2,13,14). The minimum Gasteiger partial charge on any atom is -0.385 e. The maximum atomic E-state index is 9.81. The van der Waals surface area contributed by atoms with E-state index in [0.29, 0.717) is 17.7 Å². The average Bonchev–Trinajstić information content (AvgIpc) is 2.17. The minimum atomic E-state index is -0.861. The van der Waals surface area contributed by atoms with E-state index in [0.717, 1.165) is 5.70 Å². The quantitative estimate of drug-likeness (QED) is 0.756. The molecule has 3 N–H and O–H groups in total. The van der Waals surface area contributed by atoms with E-state index in [2.05, 4.69) is 44.2 Å². The Bertz CT molecular complexity index is 334. The van der Waals surface area contributed by atoms with Gasteiger partial charge in [0, 0.05) is 17.7 Å². The number of amidine groups is 1. The first kappa shape index (κ1) is 12.8. The third-order valence-electron chi connectivity index (χ3n) is 2.67. The predicted octanol–water partition coefficient (Wildman–Crippen LogP) is 1.23. The molecule has 0 radical (unpaired) electrons. The van der Waals surface area contributed by atoms with Crippen LogP contribution in [-0.2, 0) is 0 Å². The summed E-state index contributed by atoms with van der Waals surface area (Å²) in [6, 6.07) is 0.648. The Morgan fingerprint density at radius 2 is 1.88 bits per heavy atom. The highest BCUT2D eigenvalue weighted by molar-refractivity contribution is 5.90. The van der Waals surface area contributed by atoms with Crippen molar-refractivity contribution in [1.82, 2.24) is 4.90 Å². The molecule has 90 valence electrons. The summed E-state index contributed by atoms with van der Waals surface area (Å²) in [4.78, 5) is 6.18. The molecule has 1 aliphatic heterocycles. The lowest BCUT2D eigenvalue weighted by Crippen LogP contribution is -2.42. The van der Waals surface area contributed by atoms with Gasteiger partial charge in [0.05, 0.1) is 11.9 Å². The van der Waals surface area contributed by atoms with Gasteiger partial charge in [0.1, 0.15) is 11.9 Å². The van der Waals surface area contributed by atoms with Gasteiger partial charge in [0.15, 0.2) is 0 Å². The normalized spacial score (nSPS) is 21.2. The maximum Gasteiger partial charge on any atom is 0.137 e. The van der Waals surface area contributed by atoms with Gasteiger partial charge in [-0.1, -0.05) is 6.58 Å². The lowest BCUT2D eigenvalue weighted by Gasteiger charge is -2.37. The Balaban J connectivity index is 3.07. The number of hydrogen-bond donors (Lipinski definition) is 2. The molecule has 0 aliphatic carbocycles. The number of rotatable bonds is 3. The van der Waals surface area contributed by atoms with Crippen LogP contribution >= 0.6 is 0 Å². The molecule has 4 heteroatoms. The van der Waals surface area contributed by atoms with Gasteiger partial charge < -0.3 is 15.7 Å². The van der Waals surface area contributed by atoms with Crippen molar-refractivity contribution in [2.75, 3.05) is 0 Å². The molecule has 1 rings (SSSR count). The molecule has 0 aromatic carbocycles. The number of aliphatic imine (C=N–C) groups is 1. The topological polar surface area (TPSA) is 61.8 Å². The first-order valence-corrected chi connectivity index (χ1v) is 5.55. The second-order valence-corrected chi connectivity index (χ2v) is 4.59. The van der Waals surface area contributed by atoms with Crippen LogP contribution in [0.1, 0.15) is 27.7 Å². The fourth-order valence-electron chi connectivity index (χ4n) is 1.99. The molecule has 1 aliphatic rings. The van der Waals surface area contributed by atoms with E-state index in [1.54, 1.807) is 6.20 Å². The molecule has 1 heterocycles. The maximum absolute atomic E-state index is 9.81. The molecule has 16 heavy (non-hydrogen) atoms. The Kier molecular flexibility index (Phi) is 3.75. The van der Waals surface area contributed by atoms with Gasteiger partial charge in [-0.15, -0.1) is 0 Å². The van der Waals surface area contributed by atoms with E-state index in [1.807, 2.05) is 0 Å². The second kappa shape index (κ2) is 4.70. The van der Waals surface area contributed by atoms with Crippen molar-refractivity contribution in [3.63, 3.8) is 0 Å². The van der Waals surface area contributed by atoms with Crippen molar-refractivity contribution >= 4 is 5.84 Å². The zero-order chi connectivity index (χ0) is 12.5.